The van der Waals surface area contributed by atoms with E-state index in [2.05, 4.69) is 0 Å². The molecule has 0 saturated heterocycles. The summed E-state index contributed by atoms with van der Waals surface area (Å²) in [6.45, 7) is 0.407. The molecular formula is C24H22O4. The van der Waals surface area contributed by atoms with Crippen molar-refractivity contribution in [1.29, 1.82) is 0 Å². The van der Waals surface area contributed by atoms with Gasteiger partial charge in [-0.3, -0.25) is 4.79 Å². The maximum Gasteiger partial charge on any atom is 0.189 e. The number of methoxy groups -OCH3 is 2. The van der Waals surface area contributed by atoms with Crippen LogP contribution >= 0.6 is 0 Å². The zero-order chi connectivity index (χ0) is 19.8. The number of allylic oxidation sites excluding steroid dienone is 1. The van der Waals surface area contributed by atoms with E-state index in [1.165, 1.54) is 6.08 Å². The Morgan fingerprint density at radius 3 is 2.29 bits per heavy atom. The van der Waals surface area contributed by atoms with Crippen LogP contribution in [0.4, 0.5) is 0 Å². The van der Waals surface area contributed by atoms with Gasteiger partial charge in [-0.1, -0.05) is 54.6 Å². The first-order chi connectivity index (χ1) is 13.7. The van der Waals surface area contributed by atoms with Crippen LogP contribution in [-0.2, 0) is 6.61 Å². The van der Waals surface area contributed by atoms with Gasteiger partial charge in [0.25, 0.3) is 0 Å². The second-order valence-electron chi connectivity index (χ2n) is 6.08. The lowest BCUT2D eigenvalue weighted by atomic mass is 10.1. The van der Waals surface area contributed by atoms with Crippen molar-refractivity contribution in [3.63, 3.8) is 0 Å². The normalized spacial score (nSPS) is 10.6. The van der Waals surface area contributed by atoms with E-state index in [0.717, 1.165) is 11.1 Å². The predicted molar refractivity (Wildman–Crippen MR) is 110 cm³/mol. The summed E-state index contributed by atoms with van der Waals surface area (Å²) in [6.07, 6.45) is 3.28. The second-order valence-corrected chi connectivity index (χ2v) is 6.08. The topological polar surface area (TPSA) is 44.8 Å². The molecule has 0 aliphatic carbocycles. The predicted octanol–water partition coefficient (Wildman–Crippen LogP) is 5.18. The first kappa shape index (κ1) is 19.2. The van der Waals surface area contributed by atoms with E-state index in [1.54, 1.807) is 38.5 Å². The zero-order valence-electron chi connectivity index (χ0n) is 15.9. The Labute approximate surface area is 165 Å². The van der Waals surface area contributed by atoms with Crippen LogP contribution in [0.3, 0.4) is 0 Å². The summed E-state index contributed by atoms with van der Waals surface area (Å²) in [5, 5.41) is 0. The standard InChI is InChI=1S/C24H22O4/c1-26-23-15-13-18(16-24(23)27-2)12-14-21(25)20-10-6-7-11-22(20)28-17-19-8-4-3-5-9-19/h3-16H,17H2,1-2H3. The minimum absolute atomic E-state index is 0.126. The maximum atomic E-state index is 12.7. The van der Waals surface area contributed by atoms with Gasteiger partial charge in [0.2, 0.25) is 0 Å². The molecule has 0 aliphatic heterocycles. The van der Waals surface area contributed by atoms with E-state index in [4.69, 9.17) is 14.2 Å². The van der Waals surface area contributed by atoms with Crippen LogP contribution in [0.2, 0.25) is 0 Å². The van der Waals surface area contributed by atoms with Gasteiger partial charge in [-0.05, 0) is 41.5 Å². The molecule has 0 heterocycles. The van der Waals surface area contributed by atoms with Gasteiger partial charge in [0.1, 0.15) is 12.4 Å². The minimum Gasteiger partial charge on any atom is -0.493 e. The third-order valence-corrected chi connectivity index (χ3v) is 4.22. The average Bonchev–Trinajstić information content (AvgIpc) is 2.76. The van der Waals surface area contributed by atoms with Crippen molar-refractivity contribution < 1.29 is 19.0 Å². The van der Waals surface area contributed by atoms with Crippen LogP contribution in [0.1, 0.15) is 21.5 Å². The lowest BCUT2D eigenvalue weighted by Gasteiger charge is -2.10. The monoisotopic (exact) mass is 374 g/mol. The molecule has 0 unspecified atom stereocenters. The molecule has 4 nitrogen and oxygen atoms in total. The van der Waals surface area contributed by atoms with E-state index >= 15 is 0 Å². The van der Waals surface area contributed by atoms with Gasteiger partial charge in [-0.25, -0.2) is 0 Å². The molecule has 142 valence electrons. The Morgan fingerprint density at radius 1 is 0.821 bits per heavy atom. The third-order valence-electron chi connectivity index (χ3n) is 4.22. The molecule has 0 atom stereocenters. The fourth-order valence-corrected chi connectivity index (χ4v) is 2.75. The first-order valence-electron chi connectivity index (χ1n) is 8.91. The van der Waals surface area contributed by atoms with Crippen molar-refractivity contribution in [1.82, 2.24) is 0 Å². The highest BCUT2D eigenvalue weighted by molar-refractivity contribution is 6.08. The molecule has 0 amide bonds. The van der Waals surface area contributed by atoms with Gasteiger partial charge in [0, 0.05) is 0 Å². The van der Waals surface area contributed by atoms with Crippen LogP contribution in [0.25, 0.3) is 6.08 Å². The number of rotatable bonds is 8. The molecule has 0 radical (unpaired) electrons. The van der Waals surface area contributed by atoms with E-state index in [0.29, 0.717) is 29.4 Å². The molecular weight excluding hydrogens is 352 g/mol. The lowest BCUT2D eigenvalue weighted by molar-refractivity contribution is 0.104. The van der Waals surface area contributed by atoms with E-state index in [9.17, 15) is 4.79 Å². The maximum absolute atomic E-state index is 12.7. The summed E-state index contributed by atoms with van der Waals surface area (Å²) in [4.78, 5) is 12.7. The summed E-state index contributed by atoms with van der Waals surface area (Å²) in [7, 11) is 3.17. The quantitative estimate of drug-likeness (QED) is 0.403. The average molecular weight is 374 g/mol. The Hall–Kier alpha value is -3.53. The third kappa shape index (κ3) is 4.80. The number of hydrogen-bond donors (Lipinski definition) is 0. The molecule has 3 aromatic carbocycles. The number of carbonyl (C=O) groups is 1. The summed E-state index contributed by atoms with van der Waals surface area (Å²) < 4.78 is 16.4. The summed E-state index contributed by atoms with van der Waals surface area (Å²) in [5.74, 6) is 1.70. The van der Waals surface area contributed by atoms with Crippen molar-refractivity contribution >= 4 is 11.9 Å². The number of para-hydroxylation sites is 1. The number of carbonyl (C=O) groups excluding carboxylic acids is 1. The molecule has 0 spiro atoms. The summed E-state index contributed by atoms with van der Waals surface area (Å²) in [6, 6.07) is 22.6. The first-order valence-corrected chi connectivity index (χ1v) is 8.91. The van der Waals surface area contributed by atoms with Crippen LogP contribution in [-0.4, -0.2) is 20.0 Å². The number of ether oxygens (including phenoxy) is 3. The van der Waals surface area contributed by atoms with Crippen molar-refractivity contribution in [2.75, 3.05) is 14.2 Å². The largest absolute Gasteiger partial charge is 0.493 e. The smallest absolute Gasteiger partial charge is 0.189 e. The lowest BCUT2D eigenvalue weighted by Crippen LogP contribution is -2.02. The van der Waals surface area contributed by atoms with E-state index < -0.39 is 0 Å². The Bertz CT molecular complexity index is 961. The summed E-state index contributed by atoms with van der Waals surface area (Å²) in [5.41, 5.74) is 2.41. The van der Waals surface area contributed by atoms with Gasteiger partial charge in [0.15, 0.2) is 17.3 Å². The molecule has 3 aromatic rings. The van der Waals surface area contributed by atoms with Gasteiger partial charge < -0.3 is 14.2 Å². The van der Waals surface area contributed by atoms with Crippen molar-refractivity contribution in [2.45, 2.75) is 6.61 Å². The highest BCUT2D eigenvalue weighted by atomic mass is 16.5. The number of benzene rings is 3. The molecule has 0 saturated carbocycles. The molecule has 3 rings (SSSR count). The van der Waals surface area contributed by atoms with Crippen LogP contribution < -0.4 is 14.2 Å². The van der Waals surface area contributed by atoms with E-state index in [1.807, 2.05) is 54.6 Å². The number of hydrogen-bond acceptors (Lipinski definition) is 4. The molecule has 4 heteroatoms. The van der Waals surface area contributed by atoms with Crippen molar-refractivity contribution in [2.24, 2.45) is 0 Å². The van der Waals surface area contributed by atoms with Gasteiger partial charge in [-0.2, -0.15) is 0 Å². The van der Waals surface area contributed by atoms with Crippen molar-refractivity contribution in [3.05, 3.63) is 95.6 Å². The molecule has 0 bridgehead atoms. The molecule has 0 fully saturated rings. The van der Waals surface area contributed by atoms with E-state index in [-0.39, 0.29) is 5.78 Å². The molecule has 0 N–H and O–H groups in total. The fourth-order valence-electron chi connectivity index (χ4n) is 2.75. The highest BCUT2D eigenvalue weighted by Gasteiger charge is 2.10. The fraction of sp³-hybridized carbons (Fsp3) is 0.125. The van der Waals surface area contributed by atoms with Crippen molar-refractivity contribution in [3.8, 4) is 17.2 Å². The number of ketones is 1. The Balaban J connectivity index is 1.75. The molecule has 28 heavy (non-hydrogen) atoms. The van der Waals surface area contributed by atoms with Crippen LogP contribution in [0.15, 0.2) is 78.9 Å². The molecule has 0 aromatic heterocycles. The van der Waals surface area contributed by atoms with Gasteiger partial charge >= 0.3 is 0 Å². The highest BCUT2D eigenvalue weighted by Crippen LogP contribution is 2.28. The second kappa shape index (κ2) is 9.42. The van der Waals surface area contributed by atoms with Crippen LogP contribution in [0, 0.1) is 0 Å². The Kier molecular flexibility index (Phi) is 6.47. The zero-order valence-corrected chi connectivity index (χ0v) is 15.9. The summed E-state index contributed by atoms with van der Waals surface area (Å²) >= 11 is 0. The Morgan fingerprint density at radius 2 is 1.54 bits per heavy atom. The molecule has 0 aliphatic rings. The minimum atomic E-state index is -0.126. The SMILES string of the molecule is COc1ccc(C=CC(=O)c2ccccc2OCc2ccccc2)cc1OC. The van der Waals surface area contributed by atoms with Gasteiger partial charge in [-0.15, -0.1) is 0 Å². The van der Waals surface area contributed by atoms with Crippen LogP contribution in [0.5, 0.6) is 17.2 Å². The van der Waals surface area contributed by atoms with Gasteiger partial charge in [0.05, 0.1) is 19.8 Å².